The first-order valence-corrected chi connectivity index (χ1v) is 5.77. The molecule has 6 heteroatoms. The lowest BCUT2D eigenvalue weighted by atomic mass is 10.1. The third-order valence-corrected chi connectivity index (χ3v) is 2.78. The van der Waals surface area contributed by atoms with Crippen LogP contribution in [-0.4, -0.2) is 17.0 Å². The van der Waals surface area contributed by atoms with E-state index in [2.05, 4.69) is 5.32 Å². The summed E-state index contributed by atoms with van der Waals surface area (Å²) < 4.78 is 0. The molecule has 1 amide bonds. The number of hydrogen-bond acceptors (Lipinski definition) is 4. The molecule has 0 heterocycles. The van der Waals surface area contributed by atoms with E-state index in [1.807, 2.05) is 0 Å². The number of primary amides is 1. The van der Waals surface area contributed by atoms with Crippen LogP contribution in [0.5, 0.6) is 0 Å². The van der Waals surface area contributed by atoms with Gasteiger partial charge in [-0.15, -0.1) is 0 Å². The van der Waals surface area contributed by atoms with E-state index in [1.165, 1.54) is 6.07 Å². The van der Waals surface area contributed by atoms with Gasteiger partial charge in [0.25, 0.3) is 0 Å². The molecule has 0 fully saturated rings. The summed E-state index contributed by atoms with van der Waals surface area (Å²) >= 11 is 0. The van der Waals surface area contributed by atoms with Gasteiger partial charge in [-0.1, -0.05) is 6.07 Å². The van der Waals surface area contributed by atoms with Crippen LogP contribution >= 0.6 is 0 Å². The molecule has 0 spiro atoms. The molecule has 6 N–H and O–H groups in total. The van der Waals surface area contributed by atoms with Gasteiger partial charge < -0.3 is 21.9 Å². The van der Waals surface area contributed by atoms with Crippen molar-refractivity contribution in [3.8, 4) is 0 Å². The molecule has 2 rings (SSSR count). The van der Waals surface area contributed by atoms with Gasteiger partial charge >= 0.3 is 5.97 Å². The quantitative estimate of drug-likeness (QED) is 0.632. The third-order valence-electron chi connectivity index (χ3n) is 2.78. The van der Waals surface area contributed by atoms with Crippen LogP contribution in [0, 0.1) is 0 Å². The first-order chi connectivity index (χ1) is 9.49. The van der Waals surface area contributed by atoms with Crippen LogP contribution in [0.4, 0.5) is 17.1 Å². The van der Waals surface area contributed by atoms with E-state index in [0.29, 0.717) is 16.9 Å². The number of nitrogens with one attached hydrogen (secondary N) is 1. The van der Waals surface area contributed by atoms with Gasteiger partial charge in [-0.2, -0.15) is 0 Å². The lowest BCUT2D eigenvalue weighted by Gasteiger charge is -2.11. The molecule has 0 unspecified atom stereocenters. The highest BCUT2D eigenvalue weighted by molar-refractivity contribution is 5.98. The molecule has 0 aromatic heterocycles. The number of aromatic carboxylic acids is 1. The van der Waals surface area contributed by atoms with Crippen molar-refractivity contribution in [1.29, 1.82) is 0 Å². The molecule has 6 nitrogen and oxygen atoms in total. The van der Waals surface area contributed by atoms with Crippen LogP contribution < -0.4 is 16.8 Å². The predicted molar refractivity (Wildman–Crippen MR) is 76.1 cm³/mol. The number of carboxylic acid groups (broad SMARTS) is 1. The number of anilines is 3. The summed E-state index contributed by atoms with van der Waals surface area (Å²) in [4.78, 5) is 21.9. The van der Waals surface area contributed by atoms with E-state index in [9.17, 15) is 9.59 Å². The maximum Gasteiger partial charge on any atom is 0.337 e. The molecule has 0 saturated carbocycles. The lowest BCUT2D eigenvalue weighted by molar-refractivity contribution is 0.0698. The molecular weight excluding hydrogens is 258 g/mol. The Kier molecular flexibility index (Phi) is 3.56. The van der Waals surface area contributed by atoms with Gasteiger partial charge in [0.05, 0.1) is 16.9 Å². The fourth-order valence-corrected chi connectivity index (χ4v) is 1.73. The Labute approximate surface area is 115 Å². The Morgan fingerprint density at radius 2 is 1.70 bits per heavy atom. The van der Waals surface area contributed by atoms with E-state index >= 15 is 0 Å². The Morgan fingerprint density at radius 3 is 2.25 bits per heavy atom. The SMILES string of the molecule is NC(=O)c1ccc(Nc2cccc(C(=O)O)c2N)cc1. The molecule has 2 aromatic rings. The summed E-state index contributed by atoms with van der Waals surface area (Å²) in [6, 6.07) is 11.2. The van der Waals surface area contributed by atoms with E-state index in [4.69, 9.17) is 16.6 Å². The number of amides is 1. The van der Waals surface area contributed by atoms with Crippen molar-refractivity contribution in [2.45, 2.75) is 0 Å². The number of carbonyl (C=O) groups excluding carboxylic acids is 1. The molecule has 0 bridgehead atoms. The normalized spacial score (nSPS) is 10.0. The number of carboxylic acids is 1. The number of nitrogens with two attached hydrogens (primary N) is 2. The molecular formula is C14H13N3O3. The molecule has 102 valence electrons. The van der Waals surface area contributed by atoms with Crippen molar-refractivity contribution >= 4 is 28.9 Å². The fraction of sp³-hybridized carbons (Fsp3) is 0. The third kappa shape index (κ3) is 2.69. The molecule has 0 aliphatic carbocycles. The van der Waals surface area contributed by atoms with Gasteiger partial charge in [0, 0.05) is 11.3 Å². The second kappa shape index (κ2) is 5.31. The van der Waals surface area contributed by atoms with Crippen LogP contribution in [0.2, 0.25) is 0 Å². The van der Waals surface area contributed by atoms with Crippen LogP contribution in [0.3, 0.4) is 0 Å². The Bertz CT molecular complexity index is 666. The van der Waals surface area contributed by atoms with Crippen LogP contribution in [0.25, 0.3) is 0 Å². The second-order valence-electron chi connectivity index (χ2n) is 4.14. The van der Waals surface area contributed by atoms with Crippen LogP contribution in [0.15, 0.2) is 42.5 Å². The summed E-state index contributed by atoms with van der Waals surface area (Å²) in [6.45, 7) is 0. The largest absolute Gasteiger partial charge is 0.478 e. The number of para-hydroxylation sites is 1. The topological polar surface area (TPSA) is 118 Å². The predicted octanol–water partition coefficient (Wildman–Crippen LogP) is 1.81. The average Bonchev–Trinajstić information content (AvgIpc) is 2.41. The highest BCUT2D eigenvalue weighted by atomic mass is 16.4. The highest BCUT2D eigenvalue weighted by Crippen LogP contribution is 2.26. The zero-order valence-corrected chi connectivity index (χ0v) is 10.5. The minimum Gasteiger partial charge on any atom is -0.478 e. The number of nitrogen functional groups attached to an aromatic ring is 1. The maximum absolute atomic E-state index is 11.0. The van der Waals surface area contributed by atoms with Crippen molar-refractivity contribution in [2.75, 3.05) is 11.1 Å². The maximum atomic E-state index is 11.0. The summed E-state index contributed by atoms with van der Waals surface area (Å²) in [5.41, 5.74) is 12.7. The van der Waals surface area contributed by atoms with Crippen molar-refractivity contribution in [3.05, 3.63) is 53.6 Å². The van der Waals surface area contributed by atoms with E-state index < -0.39 is 11.9 Å². The van der Waals surface area contributed by atoms with Crippen LogP contribution in [-0.2, 0) is 0 Å². The first-order valence-electron chi connectivity index (χ1n) is 5.77. The lowest BCUT2D eigenvalue weighted by Crippen LogP contribution is -2.10. The van der Waals surface area contributed by atoms with Gasteiger partial charge in [0.15, 0.2) is 0 Å². The van der Waals surface area contributed by atoms with Crippen molar-refractivity contribution in [3.63, 3.8) is 0 Å². The smallest absolute Gasteiger partial charge is 0.337 e. The Hall–Kier alpha value is -3.02. The summed E-state index contributed by atoms with van der Waals surface area (Å²) in [5.74, 6) is -1.60. The zero-order valence-electron chi connectivity index (χ0n) is 10.5. The van der Waals surface area contributed by atoms with Gasteiger partial charge in [-0.3, -0.25) is 4.79 Å². The fourth-order valence-electron chi connectivity index (χ4n) is 1.73. The van der Waals surface area contributed by atoms with E-state index in [1.54, 1.807) is 36.4 Å². The second-order valence-corrected chi connectivity index (χ2v) is 4.14. The van der Waals surface area contributed by atoms with Crippen LogP contribution in [0.1, 0.15) is 20.7 Å². The Morgan fingerprint density at radius 1 is 1.05 bits per heavy atom. The molecule has 0 aliphatic heterocycles. The molecule has 0 saturated heterocycles. The summed E-state index contributed by atoms with van der Waals surface area (Å²) in [7, 11) is 0. The van der Waals surface area contributed by atoms with Crippen molar-refractivity contribution < 1.29 is 14.7 Å². The number of benzene rings is 2. The Balaban J connectivity index is 2.28. The first kappa shape index (κ1) is 13.4. The monoisotopic (exact) mass is 271 g/mol. The van der Waals surface area contributed by atoms with Crippen molar-refractivity contribution in [2.24, 2.45) is 5.73 Å². The standard InChI is InChI=1S/C14H13N3O3/c15-12-10(14(19)20)2-1-3-11(12)17-9-6-4-8(5-7-9)13(16)18/h1-7,17H,15H2,(H2,16,18)(H,19,20). The van der Waals surface area contributed by atoms with Gasteiger partial charge in [-0.25, -0.2) is 4.79 Å². The summed E-state index contributed by atoms with van der Waals surface area (Å²) in [5, 5.41) is 12.0. The molecule has 0 aliphatic rings. The summed E-state index contributed by atoms with van der Waals surface area (Å²) in [6.07, 6.45) is 0. The highest BCUT2D eigenvalue weighted by Gasteiger charge is 2.11. The van der Waals surface area contributed by atoms with Gasteiger partial charge in [-0.05, 0) is 36.4 Å². The van der Waals surface area contributed by atoms with Gasteiger partial charge in [0.1, 0.15) is 0 Å². The van der Waals surface area contributed by atoms with Gasteiger partial charge in [0.2, 0.25) is 5.91 Å². The molecule has 0 radical (unpaired) electrons. The molecule has 20 heavy (non-hydrogen) atoms. The molecule has 0 atom stereocenters. The number of hydrogen-bond donors (Lipinski definition) is 4. The van der Waals surface area contributed by atoms with E-state index in [-0.39, 0.29) is 11.3 Å². The van der Waals surface area contributed by atoms with E-state index in [0.717, 1.165) is 0 Å². The zero-order chi connectivity index (χ0) is 14.7. The minimum absolute atomic E-state index is 0.0313. The minimum atomic E-state index is -1.09. The number of rotatable bonds is 4. The average molecular weight is 271 g/mol. The number of carbonyl (C=O) groups is 2. The molecule has 2 aromatic carbocycles. The van der Waals surface area contributed by atoms with Crippen molar-refractivity contribution in [1.82, 2.24) is 0 Å².